The number of aryl methyl sites for hydroxylation is 1. The molecule has 150 valence electrons. The quantitative estimate of drug-likeness (QED) is 0.780. The number of fused-ring (bicyclic) bond motifs is 1. The van der Waals surface area contributed by atoms with Crippen LogP contribution in [0.3, 0.4) is 0 Å². The predicted molar refractivity (Wildman–Crippen MR) is 109 cm³/mol. The van der Waals surface area contributed by atoms with Crippen LogP contribution in [0.4, 0.5) is 0 Å². The minimum Gasteiger partial charge on any atom is -0.340 e. The zero-order chi connectivity index (χ0) is 20.4. The molecule has 29 heavy (non-hydrogen) atoms. The Morgan fingerprint density at radius 2 is 1.69 bits per heavy atom. The van der Waals surface area contributed by atoms with Crippen LogP contribution < -0.4 is 0 Å². The summed E-state index contributed by atoms with van der Waals surface area (Å²) in [6.07, 6.45) is 2.83. The number of carbonyl (C=O) groups excluding carboxylic acids is 1. The van der Waals surface area contributed by atoms with Crippen molar-refractivity contribution in [1.82, 2.24) is 9.21 Å². The predicted octanol–water partition coefficient (Wildman–Crippen LogP) is 2.51. The summed E-state index contributed by atoms with van der Waals surface area (Å²) < 4.78 is 27.3. The molecule has 1 aliphatic carbocycles. The molecule has 4 rings (SSSR count). The van der Waals surface area contributed by atoms with E-state index in [0.717, 1.165) is 24.8 Å². The maximum absolute atomic E-state index is 13.2. The number of hydrogen-bond donors (Lipinski definition) is 0. The Morgan fingerprint density at radius 1 is 1.00 bits per heavy atom. The average molecular weight is 410 g/mol. The fraction of sp³-hybridized carbons (Fsp3) is 0.364. The van der Waals surface area contributed by atoms with E-state index >= 15 is 0 Å². The van der Waals surface area contributed by atoms with E-state index in [0.29, 0.717) is 13.1 Å². The van der Waals surface area contributed by atoms with Crippen molar-refractivity contribution in [2.45, 2.75) is 30.1 Å². The minimum atomic E-state index is -3.75. The number of nitrogens with zero attached hydrogens (tertiary/aromatic N) is 3. The van der Waals surface area contributed by atoms with Crippen LogP contribution in [0.15, 0.2) is 53.4 Å². The van der Waals surface area contributed by atoms with Crippen molar-refractivity contribution in [2.75, 3.05) is 26.2 Å². The number of rotatable bonds is 3. The molecule has 7 heteroatoms. The van der Waals surface area contributed by atoms with E-state index in [1.54, 1.807) is 17.0 Å². The molecule has 0 spiro atoms. The lowest BCUT2D eigenvalue weighted by Gasteiger charge is -2.37. The molecule has 2 aliphatic rings. The van der Waals surface area contributed by atoms with Gasteiger partial charge in [-0.05, 0) is 42.5 Å². The molecular formula is C22H23N3O3S. The van der Waals surface area contributed by atoms with Crippen molar-refractivity contribution in [2.24, 2.45) is 0 Å². The second-order valence-electron chi connectivity index (χ2n) is 7.48. The Balaban J connectivity index is 1.48. The number of piperazine rings is 1. The second kappa shape index (κ2) is 7.97. The molecule has 1 heterocycles. The van der Waals surface area contributed by atoms with Gasteiger partial charge in [0.15, 0.2) is 0 Å². The molecule has 0 aromatic heterocycles. The first kappa shape index (κ1) is 19.6. The lowest BCUT2D eigenvalue weighted by molar-refractivity contribution is -0.134. The van der Waals surface area contributed by atoms with Crippen LogP contribution in [0.5, 0.6) is 0 Å². The third kappa shape index (κ3) is 3.66. The first-order chi connectivity index (χ1) is 14.0. The summed E-state index contributed by atoms with van der Waals surface area (Å²) in [4.78, 5) is 15.0. The molecule has 0 saturated carbocycles. The number of nitriles is 1. The summed E-state index contributed by atoms with van der Waals surface area (Å²) in [7, 11) is -3.75. The van der Waals surface area contributed by atoms with Gasteiger partial charge in [-0.2, -0.15) is 9.57 Å². The van der Waals surface area contributed by atoms with E-state index < -0.39 is 10.0 Å². The molecule has 2 aromatic rings. The van der Waals surface area contributed by atoms with E-state index in [1.807, 2.05) is 24.3 Å². The number of sulfonamides is 1. The fourth-order valence-corrected chi connectivity index (χ4v) is 5.87. The number of carbonyl (C=O) groups is 1. The molecule has 6 nitrogen and oxygen atoms in total. The van der Waals surface area contributed by atoms with Crippen LogP contribution in [0.2, 0.25) is 0 Å². The topological polar surface area (TPSA) is 81.5 Å². The highest BCUT2D eigenvalue weighted by atomic mass is 32.2. The van der Waals surface area contributed by atoms with Crippen molar-refractivity contribution < 1.29 is 13.2 Å². The van der Waals surface area contributed by atoms with Crippen molar-refractivity contribution >= 4 is 15.9 Å². The van der Waals surface area contributed by atoms with E-state index in [-0.39, 0.29) is 35.4 Å². The number of hydrogen-bond acceptors (Lipinski definition) is 4. The van der Waals surface area contributed by atoms with Gasteiger partial charge in [0.05, 0.1) is 16.4 Å². The molecule has 1 atom stereocenters. The van der Waals surface area contributed by atoms with Gasteiger partial charge in [-0.3, -0.25) is 4.79 Å². The summed E-state index contributed by atoms with van der Waals surface area (Å²) in [5.74, 6) is -0.0472. The van der Waals surface area contributed by atoms with Gasteiger partial charge in [0, 0.05) is 26.2 Å². The normalized spacial score (nSPS) is 20.0. The maximum atomic E-state index is 13.2. The third-order valence-electron chi connectivity index (χ3n) is 5.84. The van der Waals surface area contributed by atoms with Crippen LogP contribution in [0.25, 0.3) is 0 Å². The van der Waals surface area contributed by atoms with Gasteiger partial charge in [-0.25, -0.2) is 8.42 Å². The minimum absolute atomic E-state index is 0.0310. The monoisotopic (exact) mass is 409 g/mol. The van der Waals surface area contributed by atoms with E-state index in [4.69, 9.17) is 0 Å². The summed E-state index contributed by atoms with van der Waals surface area (Å²) in [5, 5.41) is 9.23. The van der Waals surface area contributed by atoms with Gasteiger partial charge >= 0.3 is 0 Å². The van der Waals surface area contributed by atoms with Gasteiger partial charge < -0.3 is 4.90 Å². The summed E-state index contributed by atoms with van der Waals surface area (Å²) in [6, 6.07) is 16.3. The lowest BCUT2D eigenvalue weighted by Crippen LogP contribution is -2.51. The summed E-state index contributed by atoms with van der Waals surface area (Å²) >= 11 is 0. The van der Waals surface area contributed by atoms with Crippen LogP contribution in [-0.2, 0) is 21.2 Å². The fourth-order valence-electron chi connectivity index (χ4n) is 4.30. The standard InChI is InChI=1S/C22H23N3O3S/c23-16-18-7-2-4-11-21(18)29(27,28)25-14-12-24(13-15-25)22(26)20-10-5-8-17-6-1-3-9-19(17)20/h1-4,6-7,9,11,20H,5,8,10,12-15H2. The van der Waals surface area contributed by atoms with E-state index in [2.05, 4.69) is 6.07 Å². The van der Waals surface area contributed by atoms with Gasteiger partial charge in [0.1, 0.15) is 6.07 Å². The molecule has 1 saturated heterocycles. The highest BCUT2D eigenvalue weighted by Crippen LogP contribution is 2.33. The van der Waals surface area contributed by atoms with Crippen LogP contribution >= 0.6 is 0 Å². The van der Waals surface area contributed by atoms with Crippen LogP contribution in [-0.4, -0.2) is 49.7 Å². The van der Waals surface area contributed by atoms with Gasteiger partial charge in [0.2, 0.25) is 15.9 Å². The molecule has 1 amide bonds. The average Bonchev–Trinajstić information content (AvgIpc) is 2.78. The molecule has 0 bridgehead atoms. The van der Waals surface area contributed by atoms with Gasteiger partial charge in [-0.15, -0.1) is 0 Å². The zero-order valence-electron chi connectivity index (χ0n) is 16.1. The first-order valence-electron chi connectivity index (χ1n) is 9.88. The van der Waals surface area contributed by atoms with Crippen LogP contribution in [0.1, 0.15) is 35.4 Å². The molecule has 0 radical (unpaired) electrons. The molecular weight excluding hydrogens is 386 g/mol. The largest absolute Gasteiger partial charge is 0.340 e. The second-order valence-corrected chi connectivity index (χ2v) is 9.39. The Morgan fingerprint density at radius 3 is 2.45 bits per heavy atom. The van der Waals surface area contributed by atoms with Crippen molar-refractivity contribution in [3.8, 4) is 6.07 Å². The van der Waals surface area contributed by atoms with Crippen molar-refractivity contribution in [1.29, 1.82) is 5.26 Å². The highest BCUT2D eigenvalue weighted by Gasteiger charge is 2.35. The van der Waals surface area contributed by atoms with Gasteiger partial charge in [-0.1, -0.05) is 36.4 Å². The van der Waals surface area contributed by atoms with E-state index in [1.165, 1.54) is 22.0 Å². The highest BCUT2D eigenvalue weighted by molar-refractivity contribution is 7.89. The molecule has 1 aliphatic heterocycles. The van der Waals surface area contributed by atoms with Crippen molar-refractivity contribution in [3.63, 3.8) is 0 Å². The number of amides is 1. The van der Waals surface area contributed by atoms with Crippen molar-refractivity contribution in [3.05, 3.63) is 65.2 Å². The third-order valence-corrected chi connectivity index (χ3v) is 7.80. The summed E-state index contributed by atoms with van der Waals surface area (Å²) in [5.41, 5.74) is 2.50. The lowest BCUT2D eigenvalue weighted by atomic mass is 9.82. The summed E-state index contributed by atoms with van der Waals surface area (Å²) in [6.45, 7) is 1.21. The Kier molecular flexibility index (Phi) is 5.39. The molecule has 1 fully saturated rings. The first-order valence-corrected chi connectivity index (χ1v) is 11.3. The molecule has 1 unspecified atom stereocenters. The smallest absolute Gasteiger partial charge is 0.244 e. The SMILES string of the molecule is N#Cc1ccccc1S(=O)(=O)N1CCN(C(=O)C2CCCc3ccccc32)CC1. The van der Waals surface area contributed by atoms with Gasteiger partial charge in [0.25, 0.3) is 0 Å². The Hall–Kier alpha value is -2.69. The Bertz CT molecular complexity index is 1070. The number of benzene rings is 2. The Labute approximate surface area is 171 Å². The van der Waals surface area contributed by atoms with Crippen LogP contribution in [0, 0.1) is 11.3 Å². The maximum Gasteiger partial charge on any atom is 0.244 e. The molecule has 2 aromatic carbocycles. The zero-order valence-corrected chi connectivity index (χ0v) is 16.9. The molecule has 0 N–H and O–H groups in total. The van der Waals surface area contributed by atoms with E-state index in [9.17, 15) is 18.5 Å².